The number of fused-ring (bicyclic) bond motifs is 2. The zero-order valence-electron chi connectivity index (χ0n) is 7.66. The zero-order valence-corrected chi connectivity index (χ0v) is 9.25. The van der Waals surface area contributed by atoms with Gasteiger partial charge >= 0.3 is 0 Å². The minimum Gasteiger partial charge on any atom is -0.274 e. The fourth-order valence-corrected chi connectivity index (χ4v) is 2.93. The lowest BCUT2D eigenvalue weighted by Crippen LogP contribution is -2.37. The highest BCUT2D eigenvalue weighted by atomic mass is 79.9. The molecule has 1 aromatic rings. The quantitative estimate of drug-likeness (QED) is 0.649. The van der Waals surface area contributed by atoms with Gasteiger partial charge in [-0.3, -0.25) is 8.72 Å². The third-order valence-corrected chi connectivity index (χ3v) is 3.82. The lowest BCUT2D eigenvalue weighted by Gasteiger charge is -2.30. The Morgan fingerprint density at radius 1 is 1.29 bits per heavy atom. The second-order valence-electron chi connectivity index (χ2n) is 4.15. The minimum atomic E-state index is 0.0955. The van der Waals surface area contributed by atoms with Crippen LogP contribution in [0.15, 0.2) is 24.3 Å². The van der Waals surface area contributed by atoms with Crippen molar-refractivity contribution in [2.75, 3.05) is 6.54 Å². The molecule has 0 unspecified atom stereocenters. The van der Waals surface area contributed by atoms with Crippen molar-refractivity contribution in [1.82, 2.24) is 3.93 Å². The summed E-state index contributed by atoms with van der Waals surface area (Å²) in [7, 11) is 0. The van der Waals surface area contributed by atoms with Crippen molar-refractivity contribution in [1.29, 1.82) is 0 Å². The van der Waals surface area contributed by atoms with E-state index in [1.807, 2.05) is 18.2 Å². The fraction of sp³-hybridized carbons (Fsp3) is 0.364. The molecule has 72 valence electrons. The molecule has 0 N–H and O–H groups in total. The van der Waals surface area contributed by atoms with Gasteiger partial charge in [-0.2, -0.15) is 0 Å². The molecule has 1 saturated carbocycles. The van der Waals surface area contributed by atoms with E-state index in [1.165, 1.54) is 18.4 Å². The van der Waals surface area contributed by atoms with Crippen LogP contribution in [0.2, 0.25) is 0 Å². The molecule has 1 aliphatic carbocycles. The molecule has 3 rings (SSSR count). The van der Waals surface area contributed by atoms with Gasteiger partial charge in [0.1, 0.15) is 0 Å². The number of amides is 1. The van der Waals surface area contributed by atoms with Gasteiger partial charge in [0.05, 0.1) is 16.1 Å². The summed E-state index contributed by atoms with van der Waals surface area (Å²) in [5, 5.41) is 0. The van der Waals surface area contributed by atoms with Gasteiger partial charge in [-0.25, -0.2) is 0 Å². The van der Waals surface area contributed by atoms with Gasteiger partial charge < -0.3 is 0 Å². The Morgan fingerprint density at radius 3 is 2.71 bits per heavy atom. The van der Waals surface area contributed by atoms with Crippen LogP contribution in [0.3, 0.4) is 0 Å². The van der Waals surface area contributed by atoms with Crippen LogP contribution in [-0.4, -0.2) is 16.4 Å². The van der Waals surface area contributed by atoms with E-state index >= 15 is 0 Å². The molecule has 0 aromatic heterocycles. The highest BCUT2D eigenvalue weighted by Crippen LogP contribution is 2.52. The van der Waals surface area contributed by atoms with Crippen LogP contribution >= 0.6 is 16.1 Å². The van der Waals surface area contributed by atoms with E-state index in [2.05, 4.69) is 22.2 Å². The first-order valence-corrected chi connectivity index (χ1v) is 5.51. The zero-order chi connectivity index (χ0) is 9.76. The molecular weight excluding hydrogens is 242 g/mol. The standard InChI is InChI=1S/C11H10BrNO/c12-13-7-11(5-6-11)9-4-2-1-3-8(9)10(13)14/h1-4H,5-7H2. The van der Waals surface area contributed by atoms with Crippen LogP contribution in [0.1, 0.15) is 28.8 Å². The van der Waals surface area contributed by atoms with Gasteiger partial charge in [0.2, 0.25) is 0 Å². The predicted octanol–water partition coefficient (Wildman–Crippen LogP) is 2.48. The van der Waals surface area contributed by atoms with E-state index in [0.29, 0.717) is 0 Å². The van der Waals surface area contributed by atoms with Crippen LogP contribution in [0.5, 0.6) is 0 Å². The largest absolute Gasteiger partial charge is 0.274 e. The summed E-state index contributed by atoms with van der Waals surface area (Å²) < 4.78 is 1.67. The summed E-state index contributed by atoms with van der Waals surface area (Å²) in [6, 6.07) is 7.97. The molecule has 1 amide bonds. The van der Waals surface area contributed by atoms with E-state index < -0.39 is 0 Å². The van der Waals surface area contributed by atoms with Crippen LogP contribution < -0.4 is 0 Å². The summed E-state index contributed by atoms with van der Waals surface area (Å²) in [5.41, 5.74) is 2.39. The Labute approximate surface area is 91.2 Å². The number of rotatable bonds is 0. The third kappa shape index (κ3) is 0.989. The molecule has 0 bridgehead atoms. The van der Waals surface area contributed by atoms with E-state index in [-0.39, 0.29) is 11.3 Å². The number of hydrogen-bond donors (Lipinski definition) is 0. The highest BCUT2D eigenvalue weighted by molar-refractivity contribution is 9.07. The number of nitrogens with zero attached hydrogens (tertiary/aromatic N) is 1. The highest BCUT2D eigenvalue weighted by Gasteiger charge is 2.50. The van der Waals surface area contributed by atoms with Crippen LogP contribution in [0.4, 0.5) is 0 Å². The Morgan fingerprint density at radius 2 is 2.00 bits per heavy atom. The average molecular weight is 252 g/mol. The van der Waals surface area contributed by atoms with Crippen molar-refractivity contribution >= 4 is 22.1 Å². The van der Waals surface area contributed by atoms with Crippen molar-refractivity contribution in [2.24, 2.45) is 0 Å². The molecule has 1 aromatic carbocycles. The molecule has 1 fully saturated rings. The number of hydrogen-bond acceptors (Lipinski definition) is 1. The second kappa shape index (κ2) is 2.60. The van der Waals surface area contributed by atoms with Gasteiger partial charge in [0, 0.05) is 17.5 Å². The topological polar surface area (TPSA) is 20.3 Å². The summed E-state index contributed by atoms with van der Waals surface area (Å²) in [6.07, 6.45) is 2.42. The van der Waals surface area contributed by atoms with Crippen LogP contribution in [-0.2, 0) is 5.41 Å². The summed E-state index contributed by atoms with van der Waals surface area (Å²) in [6.45, 7) is 0.822. The van der Waals surface area contributed by atoms with Crippen molar-refractivity contribution in [2.45, 2.75) is 18.3 Å². The van der Waals surface area contributed by atoms with Gasteiger partial charge in [-0.05, 0) is 24.5 Å². The summed E-state index contributed by atoms with van der Waals surface area (Å²) in [4.78, 5) is 11.8. The maximum atomic E-state index is 11.8. The Kier molecular flexibility index (Phi) is 1.57. The first-order chi connectivity index (χ1) is 6.73. The van der Waals surface area contributed by atoms with Gasteiger partial charge in [-0.15, -0.1) is 0 Å². The SMILES string of the molecule is O=C1c2ccccc2C2(CC2)CN1Br. The van der Waals surface area contributed by atoms with E-state index in [4.69, 9.17) is 0 Å². The lowest BCUT2D eigenvalue weighted by molar-refractivity contribution is 0.0853. The van der Waals surface area contributed by atoms with Crippen molar-refractivity contribution < 1.29 is 4.79 Å². The monoisotopic (exact) mass is 251 g/mol. The number of halogens is 1. The molecule has 1 spiro atoms. The van der Waals surface area contributed by atoms with Crippen molar-refractivity contribution in [3.05, 3.63) is 35.4 Å². The summed E-state index contributed by atoms with van der Waals surface area (Å²) >= 11 is 3.32. The van der Waals surface area contributed by atoms with Crippen LogP contribution in [0, 0.1) is 0 Å². The molecule has 0 radical (unpaired) electrons. The maximum Gasteiger partial charge on any atom is 0.264 e. The molecule has 0 atom stereocenters. The van der Waals surface area contributed by atoms with E-state index in [1.54, 1.807) is 3.93 Å². The lowest BCUT2D eigenvalue weighted by atomic mass is 9.88. The Balaban J connectivity index is 2.20. The van der Waals surface area contributed by atoms with E-state index in [0.717, 1.165) is 12.1 Å². The van der Waals surface area contributed by atoms with Gasteiger partial charge in [0.15, 0.2) is 0 Å². The smallest absolute Gasteiger partial charge is 0.264 e. The number of carbonyl (C=O) groups is 1. The molecule has 14 heavy (non-hydrogen) atoms. The normalized spacial score (nSPS) is 22.4. The molecule has 1 heterocycles. The first kappa shape index (κ1) is 8.48. The molecule has 0 saturated heterocycles. The number of carbonyl (C=O) groups excluding carboxylic acids is 1. The fourth-order valence-electron chi connectivity index (χ4n) is 2.26. The minimum absolute atomic E-state index is 0.0955. The Bertz CT molecular complexity index is 412. The molecule has 2 aliphatic rings. The third-order valence-electron chi connectivity index (χ3n) is 3.24. The number of benzene rings is 1. The maximum absolute atomic E-state index is 11.8. The van der Waals surface area contributed by atoms with Crippen molar-refractivity contribution in [3.63, 3.8) is 0 Å². The molecule has 2 nitrogen and oxygen atoms in total. The van der Waals surface area contributed by atoms with Crippen LogP contribution in [0.25, 0.3) is 0 Å². The van der Waals surface area contributed by atoms with Crippen molar-refractivity contribution in [3.8, 4) is 0 Å². The van der Waals surface area contributed by atoms with Gasteiger partial charge in [-0.1, -0.05) is 18.2 Å². The predicted molar refractivity (Wildman–Crippen MR) is 57.3 cm³/mol. The molecule has 3 heteroatoms. The van der Waals surface area contributed by atoms with E-state index in [9.17, 15) is 4.79 Å². The molecular formula is C11H10BrNO. The summed E-state index contributed by atoms with van der Waals surface area (Å²) in [5.74, 6) is 0.0955. The molecule has 1 aliphatic heterocycles. The average Bonchev–Trinajstić information content (AvgIpc) is 2.96. The Hall–Kier alpha value is -0.830. The van der Waals surface area contributed by atoms with Gasteiger partial charge in [0.25, 0.3) is 5.91 Å². The first-order valence-electron chi connectivity index (χ1n) is 4.80. The second-order valence-corrected chi connectivity index (χ2v) is 5.01.